The molecule has 5 heteroatoms. The highest BCUT2D eigenvalue weighted by molar-refractivity contribution is 6.13. The van der Waals surface area contributed by atoms with Crippen LogP contribution in [0, 0.1) is 12.3 Å². The molecule has 5 nitrogen and oxygen atoms in total. The molecule has 2 aromatic carbocycles. The Morgan fingerprint density at radius 2 is 1.93 bits per heavy atom. The second-order valence-electron chi connectivity index (χ2n) is 5.93. The Hall–Kier alpha value is -3.78. The second kappa shape index (κ2) is 6.85. The molecule has 0 aliphatic rings. The number of ether oxygens (including phenoxy) is 2. The number of hydrogen-bond acceptors (Lipinski definition) is 4. The number of fused-ring (bicyclic) bond motifs is 3. The van der Waals surface area contributed by atoms with E-state index in [4.69, 9.17) is 15.9 Å². The number of methoxy groups -OCH3 is 1. The number of benzene rings is 2. The van der Waals surface area contributed by atoms with E-state index in [1.54, 1.807) is 6.07 Å². The SMILES string of the molecule is C#CCOc1ccccc1-c1nc(C(=O)OC)cc2c1[nH]c1ccccc12. The van der Waals surface area contributed by atoms with E-state index in [1.165, 1.54) is 7.11 Å². The first-order valence-corrected chi connectivity index (χ1v) is 8.38. The van der Waals surface area contributed by atoms with Crippen LogP contribution in [0.15, 0.2) is 54.6 Å². The Kier molecular flexibility index (Phi) is 4.23. The summed E-state index contributed by atoms with van der Waals surface area (Å²) in [5, 5.41) is 1.89. The molecule has 0 fully saturated rings. The minimum Gasteiger partial charge on any atom is -0.480 e. The molecular formula is C22H16N2O3. The zero-order valence-electron chi connectivity index (χ0n) is 14.7. The van der Waals surface area contributed by atoms with Crippen molar-refractivity contribution in [2.24, 2.45) is 0 Å². The summed E-state index contributed by atoms with van der Waals surface area (Å²) in [7, 11) is 1.34. The molecule has 2 heterocycles. The van der Waals surface area contributed by atoms with Crippen molar-refractivity contribution < 1.29 is 14.3 Å². The third-order valence-electron chi connectivity index (χ3n) is 4.34. The van der Waals surface area contributed by atoms with Crippen LogP contribution in [0.3, 0.4) is 0 Å². The molecule has 0 saturated heterocycles. The number of esters is 1. The van der Waals surface area contributed by atoms with Gasteiger partial charge in [0.05, 0.1) is 18.3 Å². The van der Waals surface area contributed by atoms with Gasteiger partial charge in [-0.3, -0.25) is 0 Å². The number of terminal acetylenes is 1. The van der Waals surface area contributed by atoms with Gasteiger partial charge in [-0.2, -0.15) is 0 Å². The highest BCUT2D eigenvalue weighted by atomic mass is 16.5. The lowest BCUT2D eigenvalue weighted by atomic mass is 10.1. The number of nitrogens with zero attached hydrogens (tertiary/aromatic N) is 1. The minimum atomic E-state index is -0.495. The maximum absolute atomic E-state index is 12.2. The van der Waals surface area contributed by atoms with Crippen LogP contribution in [0.4, 0.5) is 0 Å². The lowest BCUT2D eigenvalue weighted by molar-refractivity contribution is 0.0594. The van der Waals surface area contributed by atoms with E-state index in [0.29, 0.717) is 11.4 Å². The van der Waals surface area contributed by atoms with Crippen molar-refractivity contribution in [3.8, 4) is 29.4 Å². The number of aromatic nitrogens is 2. The predicted octanol–water partition coefficient (Wildman–Crippen LogP) is 4.18. The second-order valence-corrected chi connectivity index (χ2v) is 5.93. The average molecular weight is 356 g/mol. The van der Waals surface area contributed by atoms with E-state index >= 15 is 0 Å². The van der Waals surface area contributed by atoms with Crippen molar-refractivity contribution in [2.75, 3.05) is 13.7 Å². The molecule has 4 rings (SSSR count). The van der Waals surface area contributed by atoms with Gasteiger partial charge in [0.25, 0.3) is 0 Å². The number of para-hydroxylation sites is 2. The first-order chi connectivity index (χ1) is 13.2. The number of carbonyl (C=O) groups excluding carboxylic acids is 1. The fourth-order valence-electron chi connectivity index (χ4n) is 3.16. The van der Waals surface area contributed by atoms with Crippen LogP contribution >= 0.6 is 0 Å². The van der Waals surface area contributed by atoms with Crippen LogP contribution in [0.25, 0.3) is 33.1 Å². The Balaban J connectivity index is 2.05. The van der Waals surface area contributed by atoms with Crippen LogP contribution < -0.4 is 4.74 Å². The van der Waals surface area contributed by atoms with E-state index in [2.05, 4.69) is 15.9 Å². The topological polar surface area (TPSA) is 64.2 Å². The van der Waals surface area contributed by atoms with Crippen molar-refractivity contribution in [1.82, 2.24) is 9.97 Å². The minimum absolute atomic E-state index is 0.142. The number of rotatable bonds is 4. The molecule has 0 unspecified atom stereocenters. The van der Waals surface area contributed by atoms with Gasteiger partial charge in [-0.05, 0) is 24.3 Å². The molecule has 0 aliphatic heterocycles. The van der Waals surface area contributed by atoms with Gasteiger partial charge >= 0.3 is 5.97 Å². The molecule has 132 valence electrons. The number of H-pyrrole nitrogens is 1. The van der Waals surface area contributed by atoms with E-state index in [1.807, 2.05) is 48.5 Å². The quantitative estimate of drug-likeness (QED) is 0.440. The highest BCUT2D eigenvalue weighted by Gasteiger charge is 2.19. The van der Waals surface area contributed by atoms with Crippen molar-refractivity contribution >= 4 is 27.8 Å². The summed E-state index contributed by atoms with van der Waals surface area (Å²) in [5.74, 6) is 2.57. The van der Waals surface area contributed by atoms with E-state index in [9.17, 15) is 4.79 Å². The van der Waals surface area contributed by atoms with Gasteiger partial charge in [-0.25, -0.2) is 9.78 Å². The summed E-state index contributed by atoms with van der Waals surface area (Å²) >= 11 is 0. The molecule has 1 N–H and O–H groups in total. The molecule has 0 amide bonds. The van der Waals surface area contributed by atoms with Gasteiger partial charge in [0, 0.05) is 21.9 Å². The molecule has 0 saturated carbocycles. The third-order valence-corrected chi connectivity index (χ3v) is 4.34. The lowest BCUT2D eigenvalue weighted by Gasteiger charge is -2.11. The Morgan fingerprint density at radius 3 is 2.74 bits per heavy atom. The van der Waals surface area contributed by atoms with Gasteiger partial charge in [-0.15, -0.1) is 6.42 Å². The fraction of sp³-hybridized carbons (Fsp3) is 0.0909. The normalized spacial score (nSPS) is 10.7. The molecular weight excluding hydrogens is 340 g/mol. The van der Waals surface area contributed by atoms with Crippen LogP contribution in [-0.4, -0.2) is 29.7 Å². The fourth-order valence-corrected chi connectivity index (χ4v) is 3.16. The van der Waals surface area contributed by atoms with E-state index < -0.39 is 5.97 Å². The third kappa shape index (κ3) is 2.87. The summed E-state index contributed by atoms with van der Waals surface area (Å²) in [5.41, 5.74) is 3.36. The Bertz CT molecular complexity index is 1200. The summed E-state index contributed by atoms with van der Waals surface area (Å²) in [6.45, 7) is 0.142. The smallest absolute Gasteiger partial charge is 0.356 e. The lowest BCUT2D eigenvalue weighted by Crippen LogP contribution is -2.06. The van der Waals surface area contributed by atoms with Crippen LogP contribution in [0.1, 0.15) is 10.5 Å². The summed E-state index contributed by atoms with van der Waals surface area (Å²) in [4.78, 5) is 20.2. The number of carbonyl (C=O) groups is 1. The zero-order chi connectivity index (χ0) is 18.8. The van der Waals surface area contributed by atoms with E-state index in [-0.39, 0.29) is 12.3 Å². The van der Waals surface area contributed by atoms with Crippen molar-refractivity contribution in [3.63, 3.8) is 0 Å². The van der Waals surface area contributed by atoms with Crippen molar-refractivity contribution in [1.29, 1.82) is 0 Å². The average Bonchev–Trinajstić information content (AvgIpc) is 3.10. The molecule has 0 bridgehead atoms. The molecule has 27 heavy (non-hydrogen) atoms. The van der Waals surface area contributed by atoms with Gasteiger partial charge < -0.3 is 14.5 Å². The molecule has 0 spiro atoms. The van der Waals surface area contributed by atoms with Crippen molar-refractivity contribution in [2.45, 2.75) is 0 Å². The highest BCUT2D eigenvalue weighted by Crippen LogP contribution is 2.36. The van der Waals surface area contributed by atoms with Crippen LogP contribution in [0.2, 0.25) is 0 Å². The standard InChI is InChI=1S/C22H16N2O3/c1-3-12-27-19-11-7-5-9-15(19)20-21-16(13-18(24-20)22(25)26-2)14-8-4-6-10-17(14)23-21/h1,4-11,13,23H,12H2,2H3. The largest absolute Gasteiger partial charge is 0.480 e. The molecule has 4 aromatic rings. The molecule has 0 atom stereocenters. The number of pyridine rings is 1. The Morgan fingerprint density at radius 1 is 1.15 bits per heavy atom. The molecule has 0 aliphatic carbocycles. The maximum atomic E-state index is 12.2. The Labute approximate surface area is 155 Å². The van der Waals surface area contributed by atoms with Crippen molar-refractivity contribution in [3.05, 3.63) is 60.3 Å². The summed E-state index contributed by atoms with van der Waals surface area (Å²) in [6.07, 6.45) is 5.33. The van der Waals surface area contributed by atoms with Gasteiger partial charge in [0.1, 0.15) is 18.1 Å². The predicted molar refractivity (Wildman–Crippen MR) is 105 cm³/mol. The molecule has 0 radical (unpaired) electrons. The maximum Gasteiger partial charge on any atom is 0.356 e. The van der Waals surface area contributed by atoms with Crippen LogP contribution in [0.5, 0.6) is 5.75 Å². The van der Waals surface area contributed by atoms with Gasteiger partial charge in [0.15, 0.2) is 0 Å². The molecule has 2 aromatic heterocycles. The van der Waals surface area contributed by atoms with Crippen LogP contribution in [-0.2, 0) is 4.74 Å². The number of nitrogens with one attached hydrogen (secondary N) is 1. The van der Waals surface area contributed by atoms with Gasteiger partial charge in [0.2, 0.25) is 0 Å². The van der Waals surface area contributed by atoms with Gasteiger partial charge in [-0.1, -0.05) is 36.3 Å². The van der Waals surface area contributed by atoms with E-state index in [0.717, 1.165) is 27.4 Å². The first-order valence-electron chi connectivity index (χ1n) is 8.38. The first kappa shape index (κ1) is 16.7. The monoisotopic (exact) mass is 356 g/mol. The zero-order valence-corrected chi connectivity index (χ0v) is 14.7. The summed E-state index contributed by atoms with van der Waals surface area (Å²) < 4.78 is 10.6. The number of aromatic amines is 1. The number of hydrogen-bond donors (Lipinski definition) is 1. The summed E-state index contributed by atoms with van der Waals surface area (Å²) in [6, 6.07) is 17.1.